The normalized spacial score (nSPS) is 21.9. The fraction of sp³-hybridized carbons (Fsp3) is 0.412. The fourth-order valence-electron chi connectivity index (χ4n) is 3.01. The number of nitrogens with one attached hydrogen (secondary N) is 1. The molecule has 168 valence electrons. The molecule has 15 heteroatoms. The first kappa shape index (κ1) is 22.4. The molecule has 2 unspecified atom stereocenters. The molecule has 0 saturated carbocycles. The molecule has 1 saturated heterocycles. The van der Waals surface area contributed by atoms with E-state index in [2.05, 4.69) is 37.6 Å². The van der Waals surface area contributed by atoms with Crippen molar-refractivity contribution in [2.24, 2.45) is 0 Å². The lowest BCUT2D eigenvalue weighted by Gasteiger charge is -2.48. The van der Waals surface area contributed by atoms with Gasteiger partial charge in [0.1, 0.15) is 41.2 Å². The van der Waals surface area contributed by atoms with E-state index in [-0.39, 0.29) is 19.1 Å². The maximum atomic E-state index is 12.7. The summed E-state index contributed by atoms with van der Waals surface area (Å²) in [5.41, 5.74) is 0.727. The molecule has 4 heterocycles. The van der Waals surface area contributed by atoms with Crippen molar-refractivity contribution in [3.8, 4) is 0 Å². The van der Waals surface area contributed by atoms with Gasteiger partial charge in [-0.05, 0) is 22.9 Å². The van der Waals surface area contributed by atoms with Gasteiger partial charge in [-0.25, -0.2) is 4.68 Å². The van der Waals surface area contributed by atoms with Crippen LogP contribution in [0.4, 0.5) is 0 Å². The highest BCUT2D eigenvalue weighted by Crippen LogP contribution is 2.42. The predicted octanol–water partition coefficient (Wildman–Crippen LogP) is 0.00692. The van der Waals surface area contributed by atoms with Gasteiger partial charge in [0.05, 0.1) is 0 Å². The molecule has 2 aromatic rings. The molecule has 2 aliphatic heterocycles. The molecule has 0 aromatic carbocycles. The van der Waals surface area contributed by atoms with Crippen LogP contribution in [-0.2, 0) is 25.7 Å². The summed E-state index contributed by atoms with van der Waals surface area (Å²) in [7, 11) is 0. The summed E-state index contributed by atoms with van der Waals surface area (Å²) in [6.45, 7) is 5.41. The Morgan fingerprint density at radius 2 is 2.25 bits per heavy atom. The average Bonchev–Trinajstić information content (AvgIpc) is 3.45. The van der Waals surface area contributed by atoms with E-state index in [1.165, 1.54) is 56.8 Å². The summed E-state index contributed by atoms with van der Waals surface area (Å²) < 4.78 is 7.30. The van der Waals surface area contributed by atoms with Crippen LogP contribution in [0.15, 0.2) is 35.1 Å². The van der Waals surface area contributed by atoms with E-state index >= 15 is 0 Å². The highest BCUT2D eigenvalue weighted by Gasteiger charge is 2.52. The standard InChI is InChI=1S/C17H18N8O4S3/c1-3-4-29-16(28)13-10(7-30-17-21-20-9(2)31-17)5-25-14(27)12(15(25)32-13)19-11(26)6-24-8-18-22-23-24/h3,5,8,12-13,15H,1,4,6-7H2,2H3,(H,19,26)/t12?,13?,15-/m1/s1. The predicted molar refractivity (Wildman–Crippen MR) is 116 cm³/mol. The number of ether oxygens (including phenoxy) is 1. The Labute approximate surface area is 194 Å². The number of esters is 1. The van der Waals surface area contributed by atoms with Crippen molar-refractivity contribution in [3.63, 3.8) is 0 Å². The van der Waals surface area contributed by atoms with E-state index < -0.39 is 28.5 Å². The highest BCUT2D eigenvalue weighted by atomic mass is 32.2. The molecular weight excluding hydrogens is 476 g/mol. The van der Waals surface area contributed by atoms with Crippen molar-refractivity contribution in [1.82, 2.24) is 40.6 Å². The molecular formula is C17H18N8O4S3. The Bertz CT molecular complexity index is 1060. The molecule has 2 aliphatic rings. The fourth-order valence-corrected chi connectivity index (χ4v) is 6.35. The molecule has 2 amide bonds. The Balaban J connectivity index is 1.45. The largest absolute Gasteiger partial charge is 0.460 e. The van der Waals surface area contributed by atoms with Crippen molar-refractivity contribution in [1.29, 1.82) is 0 Å². The second-order valence-corrected chi connectivity index (χ2v) is 10.3. The number of hydrogen-bond donors (Lipinski definition) is 1. The molecule has 12 nitrogen and oxygen atoms in total. The number of fused-ring (bicyclic) bond motifs is 1. The van der Waals surface area contributed by atoms with Gasteiger partial charge in [-0.15, -0.1) is 27.1 Å². The number of aromatic nitrogens is 6. The molecule has 0 bridgehead atoms. The number of amides is 2. The number of thioether (sulfide) groups is 2. The van der Waals surface area contributed by atoms with Crippen molar-refractivity contribution in [3.05, 3.63) is 35.8 Å². The molecule has 0 spiro atoms. The Kier molecular flexibility index (Phi) is 6.86. The number of hydrogen-bond acceptors (Lipinski definition) is 12. The van der Waals surface area contributed by atoms with Gasteiger partial charge < -0.3 is 15.0 Å². The third-order valence-electron chi connectivity index (χ3n) is 4.44. The topological polar surface area (TPSA) is 145 Å². The van der Waals surface area contributed by atoms with Crippen LogP contribution in [-0.4, -0.2) is 82.1 Å². The van der Waals surface area contributed by atoms with Gasteiger partial charge in [-0.2, -0.15) is 0 Å². The number of aryl methyl sites for hydroxylation is 1. The van der Waals surface area contributed by atoms with Gasteiger partial charge >= 0.3 is 5.97 Å². The van der Waals surface area contributed by atoms with Gasteiger partial charge in [0, 0.05) is 12.0 Å². The van der Waals surface area contributed by atoms with Gasteiger partial charge in [0.15, 0.2) is 4.34 Å². The van der Waals surface area contributed by atoms with Crippen molar-refractivity contribution in [2.75, 3.05) is 12.4 Å². The van der Waals surface area contributed by atoms with E-state index in [1.807, 2.05) is 6.92 Å². The highest BCUT2D eigenvalue weighted by molar-refractivity contribution is 8.02. The van der Waals surface area contributed by atoms with Gasteiger partial charge in [-0.3, -0.25) is 14.4 Å². The number of rotatable bonds is 9. The first-order chi connectivity index (χ1) is 15.5. The monoisotopic (exact) mass is 494 g/mol. The van der Waals surface area contributed by atoms with Crippen LogP contribution in [0.1, 0.15) is 5.01 Å². The lowest BCUT2D eigenvalue weighted by atomic mass is 10.1. The molecule has 32 heavy (non-hydrogen) atoms. The van der Waals surface area contributed by atoms with Gasteiger partial charge in [0.2, 0.25) is 5.91 Å². The zero-order chi connectivity index (χ0) is 22.7. The summed E-state index contributed by atoms with van der Waals surface area (Å²) in [5.74, 6) is -0.631. The maximum absolute atomic E-state index is 12.7. The molecule has 0 aliphatic carbocycles. The number of tetrazole rings is 1. The quantitative estimate of drug-likeness (QED) is 0.218. The van der Waals surface area contributed by atoms with Crippen LogP contribution in [0, 0.1) is 6.92 Å². The van der Waals surface area contributed by atoms with E-state index in [0.29, 0.717) is 5.75 Å². The molecule has 3 atom stereocenters. The minimum atomic E-state index is -0.755. The van der Waals surface area contributed by atoms with Gasteiger partial charge in [0.25, 0.3) is 5.91 Å². The minimum Gasteiger partial charge on any atom is -0.460 e. The number of nitrogens with zero attached hydrogens (tertiary/aromatic N) is 7. The summed E-state index contributed by atoms with van der Waals surface area (Å²) in [6, 6.07) is -0.755. The lowest BCUT2D eigenvalue weighted by molar-refractivity contribution is -0.146. The van der Waals surface area contributed by atoms with Crippen LogP contribution >= 0.6 is 34.9 Å². The van der Waals surface area contributed by atoms with Crippen LogP contribution in [0.2, 0.25) is 0 Å². The number of β-lactam (4-membered cyclic amide) rings is 1. The summed E-state index contributed by atoms with van der Waals surface area (Å²) in [5, 5.41) is 21.1. The molecule has 0 radical (unpaired) electrons. The second-order valence-electron chi connectivity index (χ2n) is 6.70. The third kappa shape index (κ3) is 4.83. The van der Waals surface area contributed by atoms with E-state index in [9.17, 15) is 14.4 Å². The molecule has 2 aromatic heterocycles. The third-order valence-corrected chi connectivity index (χ3v) is 8.03. The smallest absolute Gasteiger partial charge is 0.323 e. The lowest BCUT2D eigenvalue weighted by Crippen LogP contribution is -2.69. The van der Waals surface area contributed by atoms with Crippen molar-refractivity contribution < 1.29 is 19.1 Å². The van der Waals surface area contributed by atoms with E-state index in [4.69, 9.17) is 4.74 Å². The molecule has 1 N–H and O–H groups in total. The van der Waals surface area contributed by atoms with Crippen LogP contribution in [0.25, 0.3) is 0 Å². The number of carbonyl (C=O) groups excluding carboxylic acids is 3. The zero-order valence-corrected chi connectivity index (χ0v) is 19.2. The van der Waals surface area contributed by atoms with Gasteiger partial charge in [-0.1, -0.05) is 35.8 Å². The van der Waals surface area contributed by atoms with E-state index in [1.54, 1.807) is 6.20 Å². The zero-order valence-electron chi connectivity index (χ0n) is 16.8. The van der Waals surface area contributed by atoms with Crippen LogP contribution in [0.5, 0.6) is 0 Å². The first-order valence-electron chi connectivity index (χ1n) is 9.35. The molecule has 1 fully saturated rings. The SMILES string of the molecule is C=CCOC(=O)C1S[C@@H]2C(NC(=O)Cn3cnnn3)C(=O)N2C=C1CSc1nnc(C)s1. The number of carbonyl (C=O) groups is 3. The Morgan fingerprint density at radius 3 is 2.94 bits per heavy atom. The van der Waals surface area contributed by atoms with Crippen LogP contribution in [0.3, 0.4) is 0 Å². The Morgan fingerprint density at radius 1 is 1.41 bits per heavy atom. The summed E-state index contributed by atoms with van der Waals surface area (Å²) in [6.07, 6.45) is 4.48. The van der Waals surface area contributed by atoms with Crippen molar-refractivity contribution >= 4 is 52.6 Å². The second kappa shape index (κ2) is 9.79. The van der Waals surface area contributed by atoms with Crippen LogP contribution < -0.4 is 5.32 Å². The average molecular weight is 495 g/mol. The Hall–Kier alpha value is -2.78. The van der Waals surface area contributed by atoms with Crippen molar-refractivity contribution in [2.45, 2.75) is 34.5 Å². The van der Waals surface area contributed by atoms with E-state index in [0.717, 1.165) is 14.9 Å². The maximum Gasteiger partial charge on any atom is 0.323 e. The minimum absolute atomic E-state index is 0.0886. The summed E-state index contributed by atoms with van der Waals surface area (Å²) in [4.78, 5) is 39.2. The summed E-state index contributed by atoms with van der Waals surface area (Å²) >= 11 is 4.17. The molecule has 4 rings (SSSR count). The first-order valence-corrected chi connectivity index (χ1v) is 12.1.